The minimum Gasteiger partial charge on any atom is -0.508 e. The van der Waals surface area contributed by atoms with Crippen LogP contribution < -0.4 is 0 Å². The number of sulfonamides is 1. The highest BCUT2D eigenvalue weighted by Gasteiger charge is 2.36. The van der Waals surface area contributed by atoms with Gasteiger partial charge in [-0.05, 0) is 37.5 Å². The molecule has 4 nitrogen and oxygen atoms in total. The van der Waals surface area contributed by atoms with Crippen molar-refractivity contribution in [3.05, 3.63) is 29.8 Å². The Labute approximate surface area is 102 Å². The van der Waals surface area contributed by atoms with Gasteiger partial charge >= 0.3 is 0 Å². The first-order valence-corrected chi connectivity index (χ1v) is 7.41. The van der Waals surface area contributed by atoms with Crippen molar-refractivity contribution in [2.24, 2.45) is 0 Å². The van der Waals surface area contributed by atoms with Crippen molar-refractivity contribution in [2.45, 2.75) is 32.4 Å². The topological polar surface area (TPSA) is 57.6 Å². The average molecular weight is 255 g/mol. The summed E-state index contributed by atoms with van der Waals surface area (Å²) >= 11 is 0. The minimum absolute atomic E-state index is 0.127. The van der Waals surface area contributed by atoms with Crippen LogP contribution in [-0.2, 0) is 16.6 Å². The molecule has 0 atom stereocenters. The van der Waals surface area contributed by atoms with E-state index in [0.717, 1.165) is 18.4 Å². The average Bonchev–Trinajstić information content (AvgIpc) is 3.10. The standard InChI is InChI=1S/C12H17NO3S/c1-2-17(15,16)13(11-6-7-11)9-10-4-3-5-12(14)8-10/h3-5,8,11,14H,2,6-7,9H2,1H3. The van der Waals surface area contributed by atoms with Gasteiger partial charge in [-0.1, -0.05) is 12.1 Å². The van der Waals surface area contributed by atoms with Crippen molar-refractivity contribution in [2.75, 3.05) is 5.75 Å². The lowest BCUT2D eigenvalue weighted by atomic mass is 10.2. The Bertz CT molecular complexity index is 494. The highest BCUT2D eigenvalue weighted by Crippen LogP contribution is 2.31. The molecule has 1 saturated carbocycles. The summed E-state index contributed by atoms with van der Waals surface area (Å²) in [6.07, 6.45) is 1.89. The molecule has 0 spiro atoms. The molecule has 0 bridgehead atoms. The third-order valence-electron chi connectivity index (χ3n) is 2.93. The molecule has 0 unspecified atom stereocenters. The Hall–Kier alpha value is -1.07. The van der Waals surface area contributed by atoms with Gasteiger partial charge in [-0.3, -0.25) is 0 Å². The van der Waals surface area contributed by atoms with Gasteiger partial charge in [0, 0.05) is 12.6 Å². The summed E-state index contributed by atoms with van der Waals surface area (Å²) in [5.41, 5.74) is 0.828. The number of phenolic OH excluding ortho intramolecular Hbond substituents is 1. The summed E-state index contributed by atoms with van der Waals surface area (Å²) in [5, 5.41) is 9.37. The number of hydrogen-bond donors (Lipinski definition) is 1. The first kappa shape index (κ1) is 12.4. The monoisotopic (exact) mass is 255 g/mol. The van der Waals surface area contributed by atoms with Gasteiger partial charge in [0.05, 0.1) is 5.75 Å². The van der Waals surface area contributed by atoms with Crippen LogP contribution in [0.3, 0.4) is 0 Å². The van der Waals surface area contributed by atoms with Crippen LogP contribution in [0.2, 0.25) is 0 Å². The zero-order valence-electron chi connectivity index (χ0n) is 9.83. The SMILES string of the molecule is CCS(=O)(=O)N(Cc1cccc(O)c1)C1CC1. The molecule has 1 N–H and O–H groups in total. The lowest BCUT2D eigenvalue weighted by Crippen LogP contribution is -2.33. The van der Waals surface area contributed by atoms with Gasteiger partial charge in [0.15, 0.2) is 0 Å². The molecule has 0 aliphatic heterocycles. The number of rotatable bonds is 5. The van der Waals surface area contributed by atoms with Crippen molar-refractivity contribution >= 4 is 10.0 Å². The summed E-state index contributed by atoms with van der Waals surface area (Å²) in [5.74, 6) is 0.301. The molecule has 1 aromatic rings. The Morgan fingerprint density at radius 1 is 1.41 bits per heavy atom. The van der Waals surface area contributed by atoms with Gasteiger partial charge in [-0.25, -0.2) is 8.42 Å². The fourth-order valence-electron chi connectivity index (χ4n) is 1.82. The highest BCUT2D eigenvalue weighted by molar-refractivity contribution is 7.89. The van der Waals surface area contributed by atoms with E-state index in [0.29, 0.717) is 6.54 Å². The quantitative estimate of drug-likeness (QED) is 0.871. The van der Waals surface area contributed by atoms with Gasteiger partial charge in [-0.15, -0.1) is 0 Å². The third-order valence-corrected chi connectivity index (χ3v) is 4.80. The van der Waals surface area contributed by atoms with Crippen molar-refractivity contribution in [3.8, 4) is 5.75 Å². The third kappa shape index (κ3) is 2.98. The van der Waals surface area contributed by atoms with E-state index in [1.165, 1.54) is 0 Å². The van der Waals surface area contributed by atoms with Crippen LogP contribution in [0.15, 0.2) is 24.3 Å². The van der Waals surface area contributed by atoms with Crippen LogP contribution in [-0.4, -0.2) is 29.6 Å². The van der Waals surface area contributed by atoms with E-state index >= 15 is 0 Å². The Morgan fingerprint density at radius 3 is 2.65 bits per heavy atom. The molecule has 0 amide bonds. The highest BCUT2D eigenvalue weighted by atomic mass is 32.2. The normalized spacial score (nSPS) is 16.4. The maximum absolute atomic E-state index is 11.9. The van der Waals surface area contributed by atoms with Gasteiger partial charge < -0.3 is 5.11 Å². The first-order valence-electron chi connectivity index (χ1n) is 5.80. The summed E-state index contributed by atoms with van der Waals surface area (Å²) in [6.45, 7) is 2.02. The van der Waals surface area contributed by atoms with Gasteiger partial charge in [0.1, 0.15) is 5.75 Å². The van der Waals surface area contributed by atoms with Crippen molar-refractivity contribution in [1.82, 2.24) is 4.31 Å². The molecular formula is C12H17NO3S. The number of nitrogens with zero attached hydrogens (tertiary/aromatic N) is 1. The van der Waals surface area contributed by atoms with Crippen LogP contribution in [0.5, 0.6) is 5.75 Å². The van der Waals surface area contributed by atoms with E-state index in [1.54, 1.807) is 29.4 Å². The molecule has 1 aliphatic carbocycles. The number of benzene rings is 1. The first-order chi connectivity index (χ1) is 8.03. The van der Waals surface area contributed by atoms with E-state index in [9.17, 15) is 13.5 Å². The maximum Gasteiger partial charge on any atom is 0.214 e. The molecular weight excluding hydrogens is 238 g/mol. The summed E-state index contributed by atoms with van der Waals surface area (Å²) in [4.78, 5) is 0. The van der Waals surface area contributed by atoms with E-state index in [-0.39, 0.29) is 17.5 Å². The fourth-order valence-corrected chi connectivity index (χ4v) is 3.16. The molecule has 1 aliphatic rings. The second kappa shape index (κ2) is 4.66. The number of aromatic hydroxyl groups is 1. The molecule has 2 rings (SSSR count). The second-order valence-electron chi connectivity index (χ2n) is 4.35. The predicted octanol–water partition coefficient (Wildman–Crippen LogP) is 1.71. The Morgan fingerprint density at radius 2 is 2.12 bits per heavy atom. The van der Waals surface area contributed by atoms with Gasteiger partial charge in [-0.2, -0.15) is 4.31 Å². The van der Waals surface area contributed by atoms with Crippen molar-refractivity contribution in [3.63, 3.8) is 0 Å². The van der Waals surface area contributed by atoms with Crippen LogP contribution in [0.4, 0.5) is 0 Å². The Balaban J connectivity index is 2.19. The van der Waals surface area contributed by atoms with Crippen LogP contribution in [0, 0.1) is 0 Å². The fraction of sp³-hybridized carbons (Fsp3) is 0.500. The van der Waals surface area contributed by atoms with Gasteiger partial charge in [0.2, 0.25) is 10.0 Å². The number of phenols is 1. The smallest absolute Gasteiger partial charge is 0.214 e. The van der Waals surface area contributed by atoms with Crippen LogP contribution in [0.1, 0.15) is 25.3 Å². The Kier molecular flexibility index (Phi) is 3.40. The summed E-state index contributed by atoms with van der Waals surface area (Å²) in [7, 11) is -3.16. The van der Waals surface area contributed by atoms with Crippen molar-refractivity contribution < 1.29 is 13.5 Å². The van der Waals surface area contributed by atoms with Crippen molar-refractivity contribution in [1.29, 1.82) is 0 Å². The summed E-state index contributed by atoms with van der Waals surface area (Å²) in [6, 6.07) is 6.91. The molecule has 5 heteroatoms. The maximum atomic E-state index is 11.9. The zero-order chi connectivity index (χ0) is 12.5. The molecule has 17 heavy (non-hydrogen) atoms. The van der Waals surface area contributed by atoms with Crippen LogP contribution >= 0.6 is 0 Å². The van der Waals surface area contributed by atoms with Gasteiger partial charge in [0.25, 0.3) is 0 Å². The molecule has 0 radical (unpaired) electrons. The molecule has 0 saturated heterocycles. The second-order valence-corrected chi connectivity index (χ2v) is 6.56. The molecule has 1 aromatic carbocycles. The number of hydrogen-bond acceptors (Lipinski definition) is 3. The zero-order valence-corrected chi connectivity index (χ0v) is 10.7. The largest absolute Gasteiger partial charge is 0.508 e. The van der Waals surface area contributed by atoms with E-state index in [2.05, 4.69) is 0 Å². The summed E-state index contributed by atoms with van der Waals surface area (Å²) < 4.78 is 25.4. The lowest BCUT2D eigenvalue weighted by molar-refractivity contribution is 0.398. The van der Waals surface area contributed by atoms with Crippen LogP contribution in [0.25, 0.3) is 0 Å². The molecule has 1 fully saturated rings. The predicted molar refractivity (Wildman–Crippen MR) is 66.1 cm³/mol. The molecule has 0 aromatic heterocycles. The van der Waals surface area contributed by atoms with E-state index < -0.39 is 10.0 Å². The van der Waals surface area contributed by atoms with E-state index in [4.69, 9.17) is 0 Å². The molecule has 94 valence electrons. The molecule has 0 heterocycles. The minimum atomic E-state index is -3.16. The van der Waals surface area contributed by atoms with E-state index in [1.807, 2.05) is 6.07 Å². The lowest BCUT2D eigenvalue weighted by Gasteiger charge is -2.21.